The molecule has 0 unspecified atom stereocenters. The van der Waals surface area contributed by atoms with Crippen molar-refractivity contribution in [2.45, 2.75) is 13.3 Å². The van der Waals surface area contributed by atoms with Gasteiger partial charge in [-0.2, -0.15) is 0 Å². The summed E-state index contributed by atoms with van der Waals surface area (Å²) in [7, 11) is 0. The molecule has 130 valence electrons. The third kappa shape index (κ3) is 2.47. The molecular weight excluding hydrogens is 398 g/mol. The van der Waals surface area contributed by atoms with Crippen LogP contribution in [0.2, 0.25) is 0 Å². The summed E-state index contributed by atoms with van der Waals surface area (Å²) in [5.74, 6) is -0.620. The molecule has 0 N–H and O–H groups in total. The molecular formula is C19H14BrN3O3. The number of aromatic nitrogens is 2. The van der Waals surface area contributed by atoms with Gasteiger partial charge in [0.15, 0.2) is 0 Å². The van der Waals surface area contributed by atoms with Gasteiger partial charge in [0.1, 0.15) is 10.1 Å². The van der Waals surface area contributed by atoms with E-state index in [2.05, 4.69) is 20.9 Å². The maximum absolute atomic E-state index is 12.6. The fraction of sp³-hybridized carbons (Fsp3) is 0.158. The number of carbonyl (C=O) groups excluding carboxylic acids is 2. The topological polar surface area (TPSA) is 71.8 Å². The van der Waals surface area contributed by atoms with E-state index in [4.69, 9.17) is 0 Å². The average molecular weight is 412 g/mol. The number of benzene rings is 1. The Morgan fingerprint density at radius 3 is 2.27 bits per heavy atom. The van der Waals surface area contributed by atoms with Crippen molar-refractivity contribution in [3.05, 3.63) is 79.8 Å². The minimum Gasteiger partial charge on any atom is -0.274 e. The Morgan fingerprint density at radius 1 is 0.962 bits per heavy atom. The Hall–Kier alpha value is -2.80. The maximum Gasteiger partial charge on any atom is 0.272 e. The van der Waals surface area contributed by atoms with E-state index in [1.807, 2.05) is 19.1 Å². The Bertz CT molecular complexity index is 1100. The van der Waals surface area contributed by atoms with E-state index in [-0.39, 0.29) is 23.9 Å². The minimum atomic E-state index is -0.310. The zero-order chi connectivity index (χ0) is 18.4. The second-order valence-corrected chi connectivity index (χ2v) is 6.89. The number of pyridine rings is 1. The van der Waals surface area contributed by atoms with Crippen LogP contribution in [0.1, 0.15) is 32.1 Å². The fourth-order valence-corrected chi connectivity index (χ4v) is 3.65. The largest absolute Gasteiger partial charge is 0.274 e. The lowest BCUT2D eigenvalue weighted by molar-refractivity contribution is 0.0656. The van der Waals surface area contributed by atoms with E-state index in [1.54, 1.807) is 30.3 Å². The Kier molecular flexibility index (Phi) is 3.96. The van der Waals surface area contributed by atoms with E-state index in [1.165, 1.54) is 9.30 Å². The van der Waals surface area contributed by atoms with Crippen molar-refractivity contribution in [3.8, 4) is 0 Å². The van der Waals surface area contributed by atoms with Gasteiger partial charge in [0, 0.05) is 18.7 Å². The molecule has 3 aromatic rings. The highest BCUT2D eigenvalue weighted by atomic mass is 79.9. The summed E-state index contributed by atoms with van der Waals surface area (Å²) in [6.45, 7) is 2.00. The first-order valence-corrected chi connectivity index (χ1v) is 8.90. The van der Waals surface area contributed by atoms with Crippen LogP contribution in [0, 0.1) is 6.92 Å². The summed E-state index contributed by atoms with van der Waals surface area (Å²) in [4.78, 5) is 43.2. The molecule has 0 saturated heterocycles. The molecule has 26 heavy (non-hydrogen) atoms. The Morgan fingerprint density at radius 2 is 1.62 bits per heavy atom. The lowest BCUT2D eigenvalue weighted by Gasteiger charge is -2.14. The van der Waals surface area contributed by atoms with Gasteiger partial charge in [0.2, 0.25) is 0 Å². The van der Waals surface area contributed by atoms with Gasteiger partial charge in [0.25, 0.3) is 17.4 Å². The van der Waals surface area contributed by atoms with Crippen LogP contribution in [0.15, 0.2) is 51.7 Å². The highest BCUT2D eigenvalue weighted by Gasteiger charge is 2.34. The van der Waals surface area contributed by atoms with Crippen LogP contribution >= 0.6 is 15.9 Å². The van der Waals surface area contributed by atoms with E-state index < -0.39 is 0 Å². The predicted molar refractivity (Wildman–Crippen MR) is 99.4 cm³/mol. The highest BCUT2D eigenvalue weighted by Crippen LogP contribution is 2.23. The third-order valence-corrected chi connectivity index (χ3v) is 5.31. The van der Waals surface area contributed by atoms with Gasteiger partial charge in [-0.3, -0.25) is 23.7 Å². The van der Waals surface area contributed by atoms with Crippen LogP contribution in [0.5, 0.6) is 0 Å². The number of amides is 2. The van der Waals surface area contributed by atoms with Crippen molar-refractivity contribution in [2.75, 3.05) is 6.54 Å². The van der Waals surface area contributed by atoms with Crippen molar-refractivity contribution in [1.82, 2.24) is 14.3 Å². The molecule has 3 heterocycles. The summed E-state index contributed by atoms with van der Waals surface area (Å²) in [5, 5.41) is 0. The van der Waals surface area contributed by atoms with E-state index in [0.717, 1.165) is 5.69 Å². The molecule has 6 nitrogen and oxygen atoms in total. The minimum absolute atomic E-state index is 0.166. The second-order valence-electron chi connectivity index (χ2n) is 6.10. The zero-order valence-corrected chi connectivity index (χ0v) is 15.5. The van der Waals surface area contributed by atoms with Gasteiger partial charge in [0.05, 0.1) is 16.8 Å². The Labute approximate surface area is 157 Å². The maximum atomic E-state index is 12.6. The molecule has 0 radical (unpaired) electrons. The van der Waals surface area contributed by atoms with Crippen molar-refractivity contribution in [1.29, 1.82) is 0 Å². The first-order valence-electron chi connectivity index (χ1n) is 8.11. The van der Waals surface area contributed by atoms with Gasteiger partial charge in [-0.1, -0.05) is 18.2 Å². The third-order valence-electron chi connectivity index (χ3n) is 4.51. The lowest BCUT2D eigenvalue weighted by Crippen LogP contribution is -2.32. The van der Waals surface area contributed by atoms with Gasteiger partial charge in [-0.05, 0) is 47.1 Å². The molecule has 0 saturated carbocycles. The number of carbonyl (C=O) groups is 2. The normalized spacial score (nSPS) is 13.5. The first-order chi connectivity index (χ1) is 12.5. The number of rotatable bonds is 3. The SMILES string of the molecule is Cc1cccc2nc(CCN3C(=O)c4ccccc4C3=O)c(Br)c(=O)n12. The summed E-state index contributed by atoms with van der Waals surface area (Å²) < 4.78 is 1.87. The molecule has 0 bridgehead atoms. The molecule has 0 fully saturated rings. The lowest BCUT2D eigenvalue weighted by atomic mass is 10.1. The predicted octanol–water partition coefficient (Wildman–Crippen LogP) is 2.60. The number of imide groups is 1. The summed E-state index contributed by atoms with van der Waals surface area (Å²) >= 11 is 3.32. The van der Waals surface area contributed by atoms with E-state index >= 15 is 0 Å². The zero-order valence-electron chi connectivity index (χ0n) is 13.9. The van der Waals surface area contributed by atoms with Gasteiger partial charge in [-0.15, -0.1) is 0 Å². The van der Waals surface area contributed by atoms with Gasteiger partial charge >= 0.3 is 0 Å². The Balaban J connectivity index is 1.66. The number of fused-ring (bicyclic) bond motifs is 2. The number of halogens is 1. The molecule has 4 rings (SSSR count). The molecule has 1 aromatic carbocycles. The molecule has 0 aliphatic carbocycles. The van der Waals surface area contributed by atoms with Crippen LogP contribution in [-0.2, 0) is 6.42 Å². The van der Waals surface area contributed by atoms with Crippen molar-refractivity contribution >= 4 is 33.4 Å². The molecule has 1 aliphatic heterocycles. The van der Waals surface area contributed by atoms with Crippen LogP contribution in [0.3, 0.4) is 0 Å². The first kappa shape index (κ1) is 16.7. The molecule has 2 aromatic heterocycles. The van der Waals surface area contributed by atoms with Gasteiger partial charge < -0.3 is 0 Å². The molecule has 7 heteroatoms. The molecule has 1 aliphatic rings. The van der Waals surface area contributed by atoms with E-state index in [9.17, 15) is 14.4 Å². The summed E-state index contributed by atoms with van der Waals surface area (Å²) in [6, 6.07) is 12.2. The molecule has 2 amide bonds. The average Bonchev–Trinajstić information content (AvgIpc) is 2.88. The monoisotopic (exact) mass is 411 g/mol. The smallest absolute Gasteiger partial charge is 0.272 e. The highest BCUT2D eigenvalue weighted by molar-refractivity contribution is 9.10. The fourth-order valence-electron chi connectivity index (χ4n) is 3.19. The number of aryl methyl sites for hydroxylation is 1. The van der Waals surface area contributed by atoms with Crippen LogP contribution in [0.4, 0.5) is 0 Å². The van der Waals surface area contributed by atoms with Crippen molar-refractivity contribution < 1.29 is 9.59 Å². The molecule has 0 spiro atoms. The quantitative estimate of drug-likeness (QED) is 0.621. The number of nitrogens with zero attached hydrogens (tertiary/aromatic N) is 3. The summed E-state index contributed by atoms with van der Waals surface area (Å²) in [6.07, 6.45) is 0.297. The number of hydrogen-bond acceptors (Lipinski definition) is 4. The van der Waals surface area contributed by atoms with E-state index in [0.29, 0.717) is 33.4 Å². The van der Waals surface area contributed by atoms with Gasteiger partial charge in [-0.25, -0.2) is 4.98 Å². The molecule has 0 atom stereocenters. The number of hydrogen-bond donors (Lipinski definition) is 0. The summed E-state index contributed by atoms with van der Waals surface area (Å²) in [5.41, 5.74) is 2.48. The van der Waals surface area contributed by atoms with Crippen LogP contribution in [0.25, 0.3) is 5.65 Å². The second kappa shape index (κ2) is 6.17. The van der Waals surface area contributed by atoms with Crippen molar-refractivity contribution in [2.24, 2.45) is 0 Å². The van der Waals surface area contributed by atoms with Crippen molar-refractivity contribution in [3.63, 3.8) is 0 Å². The van der Waals surface area contributed by atoms with Crippen LogP contribution in [-0.4, -0.2) is 32.6 Å². The van der Waals surface area contributed by atoms with Crippen LogP contribution < -0.4 is 5.56 Å². The standard InChI is InChI=1S/C19H14BrN3O3/c1-11-5-4-8-15-21-14(16(20)19(26)23(11)15)9-10-22-17(24)12-6-2-3-7-13(12)18(22)25/h2-8H,9-10H2,1H3.